The second kappa shape index (κ2) is 5.47. The van der Waals surface area contributed by atoms with E-state index in [4.69, 9.17) is 21.7 Å². The fourth-order valence-electron chi connectivity index (χ4n) is 2.39. The molecule has 0 saturated carbocycles. The van der Waals surface area contributed by atoms with E-state index >= 15 is 0 Å². The summed E-state index contributed by atoms with van der Waals surface area (Å²) < 4.78 is 11.8. The zero-order valence-corrected chi connectivity index (χ0v) is 12.0. The lowest BCUT2D eigenvalue weighted by atomic mass is 9.92. The molecular formula is C13H20N2O2S. The maximum atomic E-state index is 5.74. The molecule has 100 valence electrons. The largest absolute Gasteiger partial charge is 0.381 e. The average Bonchev–Trinajstić information content (AvgIpc) is 2.42. The Balaban J connectivity index is 2.48. The van der Waals surface area contributed by atoms with Crippen LogP contribution in [0.15, 0.2) is 0 Å². The fraction of sp³-hybridized carbons (Fsp3) is 0.692. The smallest absolute Gasteiger partial charge is 0.140 e. The average molecular weight is 268 g/mol. The van der Waals surface area contributed by atoms with Crippen LogP contribution >= 0.6 is 12.2 Å². The fourth-order valence-corrected chi connectivity index (χ4v) is 2.60. The van der Waals surface area contributed by atoms with Crippen LogP contribution in [0.5, 0.6) is 0 Å². The summed E-state index contributed by atoms with van der Waals surface area (Å²) in [5.74, 6) is 0.848. The number of aromatic amines is 1. The molecule has 0 atom stereocenters. The quantitative estimate of drug-likeness (QED) is 0.856. The molecule has 0 radical (unpaired) electrons. The van der Waals surface area contributed by atoms with E-state index < -0.39 is 0 Å². The van der Waals surface area contributed by atoms with Crippen molar-refractivity contribution in [3.63, 3.8) is 0 Å². The van der Waals surface area contributed by atoms with Gasteiger partial charge in [0.1, 0.15) is 16.1 Å². The molecule has 5 heteroatoms. The highest BCUT2D eigenvalue weighted by molar-refractivity contribution is 7.71. The van der Waals surface area contributed by atoms with Crippen molar-refractivity contribution in [3.8, 4) is 0 Å². The van der Waals surface area contributed by atoms with E-state index in [1.807, 2.05) is 6.92 Å². The molecule has 1 saturated heterocycles. The third-order valence-electron chi connectivity index (χ3n) is 3.73. The van der Waals surface area contributed by atoms with E-state index in [1.165, 1.54) is 0 Å². The minimum absolute atomic E-state index is 0.372. The molecule has 1 N–H and O–H groups in total. The van der Waals surface area contributed by atoms with Crippen LogP contribution in [0, 0.1) is 11.6 Å². The Bertz CT molecular complexity index is 478. The Morgan fingerprint density at radius 3 is 2.67 bits per heavy atom. The Labute approximate surface area is 113 Å². The summed E-state index contributed by atoms with van der Waals surface area (Å²) >= 11 is 5.34. The van der Waals surface area contributed by atoms with Crippen molar-refractivity contribution in [2.24, 2.45) is 0 Å². The van der Waals surface area contributed by atoms with E-state index in [0.717, 1.165) is 36.3 Å². The molecule has 1 aliphatic heterocycles. The second-order valence-corrected chi connectivity index (χ2v) is 5.05. The number of rotatable bonds is 3. The Hall–Kier alpha value is -0.780. The number of hydrogen-bond acceptors (Lipinski definition) is 4. The number of aromatic nitrogens is 2. The maximum Gasteiger partial charge on any atom is 0.140 e. The predicted octanol–water partition coefficient (Wildman–Crippen LogP) is 2.66. The van der Waals surface area contributed by atoms with Crippen LogP contribution in [0.3, 0.4) is 0 Å². The van der Waals surface area contributed by atoms with E-state index in [1.54, 1.807) is 7.11 Å². The molecular weight excluding hydrogens is 248 g/mol. The van der Waals surface area contributed by atoms with Crippen molar-refractivity contribution in [2.45, 2.75) is 38.7 Å². The first-order chi connectivity index (χ1) is 8.63. The van der Waals surface area contributed by atoms with E-state index in [-0.39, 0.29) is 5.60 Å². The molecule has 1 aliphatic rings. The van der Waals surface area contributed by atoms with Gasteiger partial charge in [0.15, 0.2) is 0 Å². The van der Waals surface area contributed by atoms with Gasteiger partial charge in [-0.15, -0.1) is 0 Å². The molecule has 0 amide bonds. The highest BCUT2D eigenvalue weighted by atomic mass is 32.1. The molecule has 1 aromatic rings. The van der Waals surface area contributed by atoms with Gasteiger partial charge < -0.3 is 14.5 Å². The van der Waals surface area contributed by atoms with Crippen molar-refractivity contribution in [2.75, 3.05) is 20.3 Å². The Morgan fingerprint density at radius 1 is 1.44 bits per heavy atom. The van der Waals surface area contributed by atoms with E-state index in [2.05, 4.69) is 16.9 Å². The minimum atomic E-state index is -0.372. The minimum Gasteiger partial charge on any atom is -0.381 e. The molecule has 2 rings (SSSR count). The van der Waals surface area contributed by atoms with Crippen molar-refractivity contribution in [1.82, 2.24) is 9.97 Å². The highest BCUT2D eigenvalue weighted by Gasteiger charge is 2.37. The van der Waals surface area contributed by atoms with Crippen LogP contribution in [0.4, 0.5) is 0 Å². The van der Waals surface area contributed by atoms with Crippen molar-refractivity contribution in [1.29, 1.82) is 0 Å². The number of hydrogen-bond donors (Lipinski definition) is 1. The van der Waals surface area contributed by atoms with Crippen molar-refractivity contribution < 1.29 is 9.47 Å². The predicted molar refractivity (Wildman–Crippen MR) is 72.3 cm³/mol. The molecule has 18 heavy (non-hydrogen) atoms. The van der Waals surface area contributed by atoms with Gasteiger partial charge in [0.05, 0.1) is 0 Å². The van der Waals surface area contributed by atoms with Gasteiger partial charge in [0, 0.05) is 44.4 Å². The van der Waals surface area contributed by atoms with Crippen LogP contribution in [0.2, 0.25) is 0 Å². The third kappa shape index (κ3) is 2.35. The topological polar surface area (TPSA) is 47.1 Å². The molecule has 0 bridgehead atoms. The molecule has 1 fully saturated rings. The number of nitrogens with zero attached hydrogens (tertiary/aromatic N) is 1. The first-order valence-electron chi connectivity index (χ1n) is 6.36. The zero-order chi connectivity index (χ0) is 13.2. The summed E-state index contributed by atoms with van der Waals surface area (Å²) in [5.41, 5.74) is 1.84. The first kappa shape index (κ1) is 13.6. The van der Waals surface area contributed by atoms with Gasteiger partial charge in [-0.25, -0.2) is 4.98 Å². The molecule has 0 aliphatic carbocycles. The first-order valence-corrected chi connectivity index (χ1v) is 6.77. The highest BCUT2D eigenvalue weighted by Crippen LogP contribution is 2.33. The number of ether oxygens (including phenoxy) is 2. The van der Waals surface area contributed by atoms with Crippen LogP contribution in [0.1, 0.15) is 36.8 Å². The second-order valence-electron chi connectivity index (χ2n) is 4.66. The normalized spacial score (nSPS) is 18.8. The summed E-state index contributed by atoms with van der Waals surface area (Å²) in [6.45, 7) is 5.52. The number of H-pyrrole nitrogens is 1. The summed E-state index contributed by atoms with van der Waals surface area (Å²) in [5, 5.41) is 0. The Morgan fingerprint density at radius 2 is 2.11 bits per heavy atom. The Kier molecular flexibility index (Phi) is 4.14. The zero-order valence-electron chi connectivity index (χ0n) is 11.2. The van der Waals surface area contributed by atoms with Crippen molar-refractivity contribution in [3.05, 3.63) is 21.7 Å². The summed E-state index contributed by atoms with van der Waals surface area (Å²) in [4.78, 5) is 7.93. The van der Waals surface area contributed by atoms with E-state index in [9.17, 15) is 0 Å². The van der Waals surface area contributed by atoms with Gasteiger partial charge in [0.25, 0.3) is 0 Å². The number of methoxy groups -OCH3 is 1. The van der Waals surface area contributed by atoms with Crippen LogP contribution in [-0.4, -0.2) is 30.3 Å². The lowest BCUT2D eigenvalue weighted by molar-refractivity contribution is -0.100. The molecule has 2 heterocycles. The number of aryl methyl sites for hydroxylation is 1. The van der Waals surface area contributed by atoms with Crippen LogP contribution in [-0.2, 0) is 21.5 Å². The lowest BCUT2D eigenvalue weighted by Crippen LogP contribution is -2.37. The van der Waals surface area contributed by atoms with Crippen molar-refractivity contribution >= 4 is 12.2 Å². The van der Waals surface area contributed by atoms with Gasteiger partial charge in [-0.2, -0.15) is 0 Å². The van der Waals surface area contributed by atoms with Crippen LogP contribution in [0.25, 0.3) is 0 Å². The van der Waals surface area contributed by atoms with E-state index in [0.29, 0.717) is 17.9 Å². The van der Waals surface area contributed by atoms with Gasteiger partial charge in [-0.05, 0) is 13.3 Å². The monoisotopic (exact) mass is 268 g/mol. The molecule has 4 nitrogen and oxygen atoms in total. The molecule has 1 aromatic heterocycles. The van der Waals surface area contributed by atoms with Gasteiger partial charge in [0.2, 0.25) is 0 Å². The summed E-state index contributed by atoms with van der Waals surface area (Å²) in [6, 6.07) is 0. The SMILES string of the molecule is CCc1[nH]c(C2(OC)CCOCC2)nc(=S)c1C. The lowest BCUT2D eigenvalue weighted by Gasteiger charge is -2.35. The number of nitrogens with one attached hydrogen (secondary N) is 1. The summed E-state index contributed by atoms with van der Waals surface area (Å²) in [7, 11) is 1.73. The van der Waals surface area contributed by atoms with Gasteiger partial charge >= 0.3 is 0 Å². The standard InChI is InChI=1S/C13H20N2O2S/c1-4-10-9(2)11(18)15-12(14-10)13(16-3)5-7-17-8-6-13/h4-8H2,1-3H3,(H,14,15,18). The summed E-state index contributed by atoms with van der Waals surface area (Å²) in [6.07, 6.45) is 2.54. The van der Waals surface area contributed by atoms with Gasteiger partial charge in [-0.3, -0.25) is 0 Å². The third-order valence-corrected chi connectivity index (χ3v) is 4.13. The molecule has 0 spiro atoms. The molecule has 0 unspecified atom stereocenters. The maximum absolute atomic E-state index is 5.74. The van der Waals surface area contributed by atoms with Gasteiger partial charge in [-0.1, -0.05) is 19.1 Å². The molecule has 0 aromatic carbocycles. The van der Waals surface area contributed by atoms with Crippen LogP contribution < -0.4 is 0 Å².